The highest BCUT2D eigenvalue weighted by Gasteiger charge is 2.33. The van der Waals surface area contributed by atoms with E-state index in [-0.39, 0.29) is 44.7 Å². The summed E-state index contributed by atoms with van der Waals surface area (Å²) in [6, 6.07) is 10.6. The second-order valence-electron chi connectivity index (χ2n) is 13.3. The van der Waals surface area contributed by atoms with Crippen LogP contribution in [0.25, 0.3) is 11.0 Å². The summed E-state index contributed by atoms with van der Waals surface area (Å²) in [5.41, 5.74) is 1.75. The van der Waals surface area contributed by atoms with Gasteiger partial charge >= 0.3 is 0 Å². The molecular formula is C34H44F2N6O3S. The number of anilines is 1. The van der Waals surface area contributed by atoms with Crippen molar-refractivity contribution in [3.63, 3.8) is 0 Å². The zero-order chi connectivity index (χ0) is 33.8. The molecule has 0 saturated carbocycles. The van der Waals surface area contributed by atoms with Crippen molar-refractivity contribution < 1.29 is 23.1 Å². The highest BCUT2D eigenvalue weighted by Crippen LogP contribution is 2.30. The van der Waals surface area contributed by atoms with E-state index in [9.17, 15) is 23.6 Å². The number of fused-ring (bicyclic) bond motifs is 1. The molecule has 248 valence electrons. The number of nitriles is 1. The monoisotopic (exact) mass is 654 g/mol. The molecule has 1 aromatic carbocycles. The Balaban J connectivity index is 1.66. The van der Waals surface area contributed by atoms with Gasteiger partial charge in [0.25, 0.3) is 18.2 Å². The Bertz CT molecular complexity index is 1630. The lowest BCUT2D eigenvalue weighted by Crippen LogP contribution is -2.39. The number of aromatic nitrogens is 2. The second-order valence-corrected chi connectivity index (χ2v) is 14.4. The highest BCUT2D eigenvalue weighted by molar-refractivity contribution is 7.14. The van der Waals surface area contributed by atoms with E-state index in [1.807, 2.05) is 29.7 Å². The first-order chi connectivity index (χ1) is 21.6. The Morgan fingerprint density at radius 2 is 1.96 bits per heavy atom. The van der Waals surface area contributed by atoms with E-state index in [4.69, 9.17) is 9.72 Å². The minimum Gasteiger partial charge on any atom is -0.372 e. The number of benzene rings is 1. The van der Waals surface area contributed by atoms with Crippen molar-refractivity contribution in [2.45, 2.75) is 98.5 Å². The summed E-state index contributed by atoms with van der Waals surface area (Å²) in [6.07, 6.45) is 0.353. The molecule has 2 N–H and O–H groups in total. The van der Waals surface area contributed by atoms with E-state index in [0.717, 1.165) is 28.8 Å². The lowest BCUT2D eigenvalue weighted by molar-refractivity contribution is -0.127. The molecule has 2 atom stereocenters. The molecule has 0 aliphatic carbocycles. The first-order valence-electron chi connectivity index (χ1n) is 15.6. The van der Waals surface area contributed by atoms with Crippen molar-refractivity contribution in [1.82, 2.24) is 19.8 Å². The predicted octanol–water partition coefficient (Wildman–Crippen LogP) is 7.07. The molecule has 2 aromatic heterocycles. The van der Waals surface area contributed by atoms with Crippen molar-refractivity contribution in [3.05, 3.63) is 57.3 Å². The van der Waals surface area contributed by atoms with Crippen LogP contribution in [0.1, 0.15) is 87.8 Å². The Labute approximate surface area is 273 Å². The fraction of sp³-hybridized carbons (Fsp3) is 0.529. The Morgan fingerprint density at radius 1 is 1.22 bits per heavy atom. The number of amides is 2. The van der Waals surface area contributed by atoms with E-state index in [2.05, 4.69) is 44.4 Å². The van der Waals surface area contributed by atoms with E-state index < -0.39 is 17.9 Å². The van der Waals surface area contributed by atoms with E-state index in [0.29, 0.717) is 38.2 Å². The van der Waals surface area contributed by atoms with Gasteiger partial charge in [0.05, 0.1) is 32.4 Å². The maximum Gasteiger partial charge on any atom is 0.272 e. The van der Waals surface area contributed by atoms with Crippen molar-refractivity contribution >= 4 is 40.1 Å². The van der Waals surface area contributed by atoms with Crippen LogP contribution in [0.2, 0.25) is 0 Å². The predicted molar refractivity (Wildman–Crippen MR) is 177 cm³/mol. The van der Waals surface area contributed by atoms with Crippen LogP contribution in [0.15, 0.2) is 42.0 Å². The van der Waals surface area contributed by atoms with Crippen LogP contribution in [-0.4, -0.2) is 57.1 Å². The third kappa shape index (κ3) is 8.37. The zero-order valence-electron chi connectivity index (χ0n) is 27.6. The molecule has 3 aromatic rings. The summed E-state index contributed by atoms with van der Waals surface area (Å²) >= 11 is 0.738. The van der Waals surface area contributed by atoms with Crippen LogP contribution in [0.4, 0.5) is 14.7 Å². The molecule has 9 nitrogen and oxygen atoms in total. The normalized spacial score (nSPS) is 16.7. The maximum absolute atomic E-state index is 13.6. The Hall–Kier alpha value is -3.66. The van der Waals surface area contributed by atoms with E-state index in [1.54, 1.807) is 24.8 Å². The van der Waals surface area contributed by atoms with Crippen LogP contribution in [0.3, 0.4) is 0 Å². The Morgan fingerprint density at radius 3 is 2.59 bits per heavy atom. The molecule has 0 unspecified atom stereocenters. The molecule has 0 bridgehead atoms. The summed E-state index contributed by atoms with van der Waals surface area (Å²) < 4.78 is 34.0. The van der Waals surface area contributed by atoms with Crippen LogP contribution < -0.4 is 10.6 Å². The average molecular weight is 655 g/mol. The SMILES string of the molecule is CCOC(C)(C)C=C(C#N)C(=O)N1CCC[C@@H]1Cn1c(NC(=O)c2ccc(C(F)F)s2)nc2cc(CN[C@@H](C)C(C)(C)C)ccc21. The van der Waals surface area contributed by atoms with Crippen molar-refractivity contribution in [2.24, 2.45) is 5.41 Å². The summed E-state index contributed by atoms with van der Waals surface area (Å²) in [4.78, 5) is 33.3. The quantitative estimate of drug-likeness (QED) is 0.160. The van der Waals surface area contributed by atoms with Gasteiger partial charge in [-0.2, -0.15) is 5.26 Å². The molecule has 0 spiro atoms. The summed E-state index contributed by atoms with van der Waals surface area (Å²) in [5, 5.41) is 16.3. The lowest BCUT2D eigenvalue weighted by atomic mass is 9.88. The van der Waals surface area contributed by atoms with Gasteiger partial charge in [-0.05, 0) is 81.9 Å². The van der Waals surface area contributed by atoms with Gasteiger partial charge in [0, 0.05) is 32.3 Å². The number of thiophene rings is 1. The van der Waals surface area contributed by atoms with Crippen LogP contribution in [0.5, 0.6) is 0 Å². The molecular weight excluding hydrogens is 610 g/mol. The summed E-state index contributed by atoms with van der Waals surface area (Å²) in [5.74, 6) is -0.651. The number of nitrogens with one attached hydrogen (secondary N) is 2. The minimum absolute atomic E-state index is 0.0172. The van der Waals surface area contributed by atoms with E-state index in [1.165, 1.54) is 12.1 Å². The third-order valence-corrected chi connectivity index (χ3v) is 9.50. The number of nitrogens with zero attached hydrogens (tertiary/aromatic N) is 4. The summed E-state index contributed by atoms with van der Waals surface area (Å²) in [7, 11) is 0. The smallest absolute Gasteiger partial charge is 0.272 e. The minimum atomic E-state index is -2.67. The average Bonchev–Trinajstić information content (AvgIpc) is 3.73. The number of hydrogen-bond donors (Lipinski definition) is 2. The third-order valence-electron chi connectivity index (χ3n) is 8.41. The lowest BCUT2D eigenvalue weighted by Gasteiger charge is -2.28. The number of alkyl halides is 2. The van der Waals surface area contributed by atoms with Gasteiger partial charge in [-0.25, -0.2) is 13.8 Å². The van der Waals surface area contributed by atoms with Crippen molar-refractivity contribution in [1.29, 1.82) is 5.26 Å². The number of rotatable bonds is 12. The van der Waals surface area contributed by atoms with Crippen molar-refractivity contribution in [2.75, 3.05) is 18.5 Å². The molecule has 1 saturated heterocycles. The number of carbonyl (C=O) groups excluding carboxylic acids is 2. The van der Waals surface area contributed by atoms with Gasteiger partial charge in [-0.15, -0.1) is 11.3 Å². The molecule has 46 heavy (non-hydrogen) atoms. The highest BCUT2D eigenvalue weighted by atomic mass is 32.1. The molecule has 12 heteroatoms. The molecule has 0 radical (unpaired) electrons. The summed E-state index contributed by atoms with van der Waals surface area (Å²) in [6.45, 7) is 16.0. The number of carbonyl (C=O) groups is 2. The first-order valence-corrected chi connectivity index (χ1v) is 16.4. The fourth-order valence-corrected chi connectivity index (χ4v) is 6.22. The number of ether oxygens (including phenoxy) is 1. The molecule has 4 rings (SSSR count). The van der Waals surface area contributed by atoms with Gasteiger partial charge < -0.3 is 19.5 Å². The van der Waals surface area contributed by atoms with Crippen molar-refractivity contribution in [3.8, 4) is 6.07 Å². The van der Waals surface area contributed by atoms with Crippen LogP contribution in [0, 0.1) is 16.7 Å². The number of hydrogen-bond acceptors (Lipinski definition) is 7. The zero-order valence-corrected chi connectivity index (χ0v) is 28.4. The van der Waals surface area contributed by atoms with Gasteiger partial charge in [0.15, 0.2) is 0 Å². The standard InChI is InChI=1S/C34H44F2N6O3S/c1-8-45-34(6,7)17-23(18-37)31(44)41-15-9-10-24(41)20-42-26-12-11-22(19-38-21(2)33(3,4)5)16-25(26)39-32(42)40-30(43)28-14-13-27(46-28)29(35)36/h11-14,16-17,21,24,29,38H,8-10,15,19-20H2,1-7H3,(H,39,40,43)/t21-,24+/m0/s1. The topological polar surface area (TPSA) is 112 Å². The fourth-order valence-electron chi connectivity index (χ4n) is 5.46. The van der Waals surface area contributed by atoms with Crippen LogP contribution >= 0.6 is 11.3 Å². The first kappa shape index (κ1) is 35.2. The van der Waals surface area contributed by atoms with Gasteiger partial charge in [-0.3, -0.25) is 14.9 Å². The van der Waals surface area contributed by atoms with Gasteiger partial charge in [0.2, 0.25) is 5.95 Å². The molecule has 1 fully saturated rings. The molecule has 3 heterocycles. The number of imidazole rings is 1. The molecule has 2 amide bonds. The number of halogens is 2. The van der Waals surface area contributed by atoms with Gasteiger partial charge in [-0.1, -0.05) is 26.8 Å². The van der Waals surface area contributed by atoms with E-state index >= 15 is 0 Å². The Kier molecular flexibility index (Phi) is 11.0. The largest absolute Gasteiger partial charge is 0.372 e. The molecule has 1 aliphatic heterocycles. The molecule has 1 aliphatic rings. The number of likely N-dealkylation sites (tertiary alicyclic amines) is 1. The van der Waals surface area contributed by atoms with Gasteiger partial charge in [0.1, 0.15) is 11.6 Å². The van der Waals surface area contributed by atoms with Crippen LogP contribution in [-0.2, 0) is 22.6 Å². The second kappa shape index (κ2) is 14.4. The maximum atomic E-state index is 13.6.